The third kappa shape index (κ3) is 2.95. The maximum Gasteiger partial charge on any atom is 0.256 e. The average molecular weight is 426 g/mol. The number of fused-ring (bicyclic) bond motifs is 2. The van der Waals surface area contributed by atoms with Crippen molar-refractivity contribution in [2.75, 3.05) is 0 Å². The van der Waals surface area contributed by atoms with Crippen LogP contribution in [0.2, 0.25) is 0 Å². The van der Waals surface area contributed by atoms with Gasteiger partial charge in [-0.1, -0.05) is 65.8 Å². The number of carbonyl (C=O) groups excluding carboxylic acids is 1. The summed E-state index contributed by atoms with van der Waals surface area (Å²) in [6.07, 6.45) is 3.99. The zero-order valence-corrected chi connectivity index (χ0v) is 17.2. The van der Waals surface area contributed by atoms with E-state index in [9.17, 15) is 15.0 Å². The number of thioether (sulfide) groups is 1. The predicted octanol–water partition coefficient (Wildman–Crippen LogP) is 4.97. The van der Waals surface area contributed by atoms with Crippen molar-refractivity contribution in [2.24, 2.45) is 5.92 Å². The molecular weight excluding hydrogens is 406 g/mol. The highest BCUT2D eigenvalue weighted by atomic mass is 35.5. The number of hydrogen-bond donors (Lipinski definition) is 3. The van der Waals surface area contributed by atoms with Crippen molar-refractivity contribution in [3.8, 4) is 5.75 Å². The number of aliphatic hydroxyl groups excluding tert-OH is 1. The summed E-state index contributed by atoms with van der Waals surface area (Å²) in [7, 11) is 0. The molecule has 2 aliphatic heterocycles. The highest BCUT2D eigenvalue weighted by Gasteiger charge is 2.46. The number of phenolic OH excluding ortho intramolecular Hbond substituents is 1. The number of rotatable bonds is 2. The number of amides is 1. The van der Waals surface area contributed by atoms with Crippen molar-refractivity contribution in [3.63, 3.8) is 0 Å². The van der Waals surface area contributed by atoms with Gasteiger partial charge in [-0.15, -0.1) is 0 Å². The van der Waals surface area contributed by atoms with E-state index in [1.807, 2.05) is 24.3 Å². The number of hydrogen-bond acceptors (Lipinski definition) is 4. The van der Waals surface area contributed by atoms with Gasteiger partial charge in [-0.05, 0) is 42.4 Å². The molecule has 0 radical (unpaired) electrons. The Hall–Kier alpha value is -2.37. The zero-order chi connectivity index (χ0) is 20.1. The zero-order valence-electron chi connectivity index (χ0n) is 15.6. The molecule has 6 heteroatoms. The molecule has 2 aromatic carbocycles. The first-order valence-corrected chi connectivity index (χ1v) is 11.0. The highest BCUT2D eigenvalue weighted by molar-refractivity contribution is 8.05. The van der Waals surface area contributed by atoms with Crippen LogP contribution in [0, 0.1) is 5.92 Å². The molecule has 2 atom stereocenters. The molecule has 5 rings (SSSR count). The Labute approximate surface area is 178 Å². The fourth-order valence-corrected chi connectivity index (χ4v) is 6.23. The highest BCUT2D eigenvalue weighted by Crippen LogP contribution is 2.54. The standard InChI is InChI=1S/C23H20ClNO3S/c24-21-17(15-11-10-12-6-4-5-9-14(12)19(15)26)18-20(27)16(13-7-2-1-3-8-13)22(28)25-23(18)29-21/h1-3,7-8,10-11,18,23,26-27H,4-6,9H2,(H,25,28). The molecule has 2 heterocycles. The van der Waals surface area contributed by atoms with Crippen molar-refractivity contribution >= 4 is 40.4 Å². The van der Waals surface area contributed by atoms with E-state index >= 15 is 0 Å². The summed E-state index contributed by atoms with van der Waals surface area (Å²) in [5.41, 5.74) is 4.39. The van der Waals surface area contributed by atoms with Crippen LogP contribution in [0.3, 0.4) is 0 Å². The number of aliphatic hydroxyl groups is 1. The predicted molar refractivity (Wildman–Crippen MR) is 117 cm³/mol. The molecule has 4 nitrogen and oxygen atoms in total. The second-order valence-corrected chi connectivity index (χ2v) is 9.36. The molecule has 2 aromatic rings. The van der Waals surface area contributed by atoms with Crippen molar-refractivity contribution < 1.29 is 15.0 Å². The molecule has 3 N–H and O–H groups in total. The van der Waals surface area contributed by atoms with E-state index in [4.69, 9.17) is 11.6 Å². The Bertz CT molecular complexity index is 1080. The molecule has 0 fully saturated rings. The van der Waals surface area contributed by atoms with E-state index in [0.717, 1.165) is 31.2 Å². The van der Waals surface area contributed by atoms with Gasteiger partial charge in [0.1, 0.15) is 11.5 Å². The summed E-state index contributed by atoms with van der Waals surface area (Å²) >= 11 is 7.91. The topological polar surface area (TPSA) is 69.6 Å². The number of phenols is 1. The van der Waals surface area contributed by atoms with Crippen molar-refractivity contribution in [1.29, 1.82) is 0 Å². The van der Waals surface area contributed by atoms with Gasteiger partial charge in [0, 0.05) is 11.1 Å². The van der Waals surface area contributed by atoms with Crippen LogP contribution < -0.4 is 5.32 Å². The summed E-state index contributed by atoms with van der Waals surface area (Å²) in [5, 5.41) is 24.8. The fraction of sp³-hybridized carbons (Fsp3) is 0.261. The van der Waals surface area contributed by atoms with Gasteiger partial charge in [-0.25, -0.2) is 0 Å². The van der Waals surface area contributed by atoms with Gasteiger partial charge in [0.25, 0.3) is 5.91 Å². The van der Waals surface area contributed by atoms with Gasteiger partial charge >= 0.3 is 0 Å². The van der Waals surface area contributed by atoms with E-state index in [2.05, 4.69) is 11.4 Å². The van der Waals surface area contributed by atoms with Crippen LogP contribution in [-0.2, 0) is 17.6 Å². The van der Waals surface area contributed by atoms with Crippen LogP contribution in [-0.4, -0.2) is 21.5 Å². The Morgan fingerprint density at radius 2 is 1.79 bits per heavy atom. The van der Waals surface area contributed by atoms with E-state index in [1.165, 1.54) is 17.3 Å². The normalized spacial score (nSPS) is 23.7. The third-order valence-electron chi connectivity index (χ3n) is 5.96. The Balaban J connectivity index is 1.65. The summed E-state index contributed by atoms with van der Waals surface area (Å²) in [5.74, 6) is -0.571. The summed E-state index contributed by atoms with van der Waals surface area (Å²) in [6, 6.07) is 13.1. The van der Waals surface area contributed by atoms with Crippen molar-refractivity contribution in [3.05, 3.63) is 74.8 Å². The van der Waals surface area contributed by atoms with Gasteiger partial charge in [0.2, 0.25) is 0 Å². The second-order valence-electron chi connectivity index (χ2n) is 7.61. The third-order valence-corrected chi connectivity index (χ3v) is 7.50. The number of nitrogens with one attached hydrogen (secondary N) is 1. The number of carbonyl (C=O) groups is 1. The average Bonchev–Trinajstić information content (AvgIpc) is 3.05. The lowest BCUT2D eigenvalue weighted by molar-refractivity contribution is -0.116. The molecule has 2 unspecified atom stereocenters. The molecule has 1 aliphatic carbocycles. The van der Waals surface area contributed by atoms with Gasteiger partial charge in [0.15, 0.2) is 0 Å². The first kappa shape index (κ1) is 18.6. The Kier molecular flexibility index (Phi) is 4.60. The number of aromatic hydroxyl groups is 1. The molecule has 0 aromatic heterocycles. The summed E-state index contributed by atoms with van der Waals surface area (Å²) in [4.78, 5) is 12.7. The van der Waals surface area contributed by atoms with Gasteiger partial charge in [-0.3, -0.25) is 4.79 Å². The van der Waals surface area contributed by atoms with Crippen LogP contribution >= 0.6 is 23.4 Å². The summed E-state index contributed by atoms with van der Waals surface area (Å²) < 4.78 is 0.493. The van der Waals surface area contributed by atoms with E-state index < -0.39 is 11.3 Å². The lowest BCUT2D eigenvalue weighted by Crippen LogP contribution is -2.42. The van der Waals surface area contributed by atoms with Gasteiger partial charge < -0.3 is 15.5 Å². The van der Waals surface area contributed by atoms with E-state index in [-0.39, 0.29) is 23.0 Å². The summed E-state index contributed by atoms with van der Waals surface area (Å²) in [6.45, 7) is 0. The molecule has 29 heavy (non-hydrogen) atoms. The maximum absolute atomic E-state index is 12.7. The van der Waals surface area contributed by atoms with E-state index in [1.54, 1.807) is 12.1 Å². The largest absolute Gasteiger partial charge is 0.511 e. The molecule has 0 bridgehead atoms. The molecular formula is C23H20ClNO3S. The minimum Gasteiger partial charge on any atom is -0.511 e. The smallest absolute Gasteiger partial charge is 0.256 e. The fourth-order valence-electron chi connectivity index (χ4n) is 4.57. The number of halogens is 1. The minimum atomic E-state index is -0.507. The monoisotopic (exact) mass is 425 g/mol. The lowest BCUT2D eigenvalue weighted by atomic mass is 9.82. The van der Waals surface area contributed by atoms with Crippen LogP contribution in [0.1, 0.15) is 35.1 Å². The van der Waals surface area contributed by atoms with Crippen LogP contribution in [0.25, 0.3) is 11.1 Å². The molecule has 0 saturated carbocycles. The van der Waals surface area contributed by atoms with Crippen molar-refractivity contribution in [2.45, 2.75) is 31.1 Å². The molecule has 148 valence electrons. The first-order valence-electron chi connectivity index (χ1n) is 9.76. The van der Waals surface area contributed by atoms with E-state index in [0.29, 0.717) is 21.1 Å². The quantitative estimate of drug-likeness (QED) is 0.635. The minimum absolute atomic E-state index is 0.000204. The van der Waals surface area contributed by atoms with Crippen LogP contribution in [0.4, 0.5) is 0 Å². The second kappa shape index (κ2) is 7.15. The molecule has 3 aliphatic rings. The maximum atomic E-state index is 12.7. The van der Waals surface area contributed by atoms with Crippen LogP contribution in [0.15, 0.2) is 52.6 Å². The number of aryl methyl sites for hydroxylation is 1. The molecule has 0 saturated heterocycles. The van der Waals surface area contributed by atoms with Gasteiger partial charge in [-0.2, -0.15) is 0 Å². The van der Waals surface area contributed by atoms with Gasteiger partial charge in [0.05, 0.1) is 21.2 Å². The first-order chi connectivity index (χ1) is 14.1. The Morgan fingerprint density at radius 1 is 1.03 bits per heavy atom. The number of benzene rings is 2. The van der Waals surface area contributed by atoms with Crippen molar-refractivity contribution in [1.82, 2.24) is 5.32 Å². The SMILES string of the molecule is O=C1NC2SC(Cl)=C(c3ccc4c(c3O)CCCC4)C2C(O)=C1c1ccccc1. The van der Waals surface area contributed by atoms with Crippen LogP contribution in [0.5, 0.6) is 5.75 Å². The Morgan fingerprint density at radius 3 is 2.59 bits per heavy atom. The lowest BCUT2D eigenvalue weighted by Gasteiger charge is -2.30. The molecule has 0 spiro atoms. The molecule has 1 amide bonds.